The number of hydrogen-bond donors (Lipinski definition) is 2. The fraction of sp³-hybridized carbons (Fsp3) is 0.407. The van der Waals surface area contributed by atoms with Crippen LogP contribution in [0.4, 0.5) is 17.3 Å². The summed E-state index contributed by atoms with van der Waals surface area (Å²) in [7, 11) is 2.15. The molecule has 0 bridgehead atoms. The standard InChI is InChI=1S/C27H32N8O2/c1-3-12-34-26(37)21-17-28-27(29-19-6-8-20(9-7-19)33-15-13-32(2)14-16-33)31-25(21)35(34)23-11-5-18-4-10-22(36)24(18)30-23/h3,5-9,17,22-23,36H,1,4,10-16H2,2H3,(H,28,29,31). The summed E-state index contributed by atoms with van der Waals surface area (Å²) in [6.07, 6.45) is 6.61. The average Bonchev–Trinajstić information content (AvgIpc) is 3.41. The van der Waals surface area contributed by atoms with Gasteiger partial charge in [-0.25, -0.2) is 14.3 Å². The van der Waals surface area contributed by atoms with Gasteiger partial charge in [-0.1, -0.05) is 12.2 Å². The van der Waals surface area contributed by atoms with Crippen molar-refractivity contribution in [3.8, 4) is 0 Å². The van der Waals surface area contributed by atoms with Gasteiger partial charge in [0.2, 0.25) is 5.95 Å². The number of hydrogen-bond acceptors (Lipinski definition) is 8. The molecular weight excluding hydrogens is 468 g/mol. The van der Waals surface area contributed by atoms with Gasteiger partial charge in [-0.05, 0) is 49.7 Å². The van der Waals surface area contributed by atoms with Crippen LogP contribution in [0.1, 0.15) is 25.4 Å². The second kappa shape index (κ2) is 9.60. The summed E-state index contributed by atoms with van der Waals surface area (Å²) in [4.78, 5) is 32.0. The first-order valence-corrected chi connectivity index (χ1v) is 12.9. The van der Waals surface area contributed by atoms with E-state index in [1.807, 2.05) is 16.8 Å². The topological polar surface area (TPSA) is 104 Å². The highest BCUT2D eigenvalue weighted by Crippen LogP contribution is 2.32. The van der Waals surface area contributed by atoms with E-state index in [2.05, 4.69) is 51.9 Å². The molecule has 37 heavy (non-hydrogen) atoms. The predicted molar refractivity (Wildman–Crippen MR) is 146 cm³/mol. The Balaban J connectivity index is 1.31. The normalized spacial score (nSPS) is 22.1. The molecule has 2 unspecified atom stereocenters. The summed E-state index contributed by atoms with van der Waals surface area (Å²) in [5.41, 5.74) is 4.23. The lowest BCUT2D eigenvalue weighted by molar-refractivity contribution is 0.240. The predicted octanol–water partition coefficient (Wildman–Crippen LogP) is 2.70. The zero-order valence-electron chi connectivity index (χ0n) is 21.0. The highest BCUT2D eigenvalue weighted by molar-refractivity contribution is 6.05. The molecule has 1 aromatic carbocycles. The third-order valence-corrected chi connectivity index (χ3v) is 7.48. The molecule has 1 saturated carbocycles. The van der Waals surface area contributed by atoms with Crippen molar-refractivity contribution in [1.82, 2.24) is 24.2 Å². The van der Waals surface area contributed by atoms with Crippen LogP contribution in [0.2, 0.25) is 0 Å². The molecule has 10 heteroatoms. The summed E-state index contributed by atoms with van der Waals surface area (Å²) in [6.45, 7) is 8.30. The van der Waals surface area contributed by atoms with E-state index in [4.69, 9.17) is 9.98 Å². The molecule has 1 aliphatic carbocycles. The van der Waals surface area contributed by atoms with Crippen molar-refractivity contribution in [1.29, 1.82) is 0 Å². The maximum Gasteiger partial charge on any atom is 0.278 e. The molecule has 3 aliphatic rings. The molecule has 2 aliphatic heterocycles. The molecule has 2 fully saturated rings. The number of aliphatic imine (C=N–C) groups is 1. The van der Waals surface area contributed by atoms with E-state index < -0.39 is 6.10 Å². The van der Waals surface area contributed by atoms with Gasteiger partial charge in [-0.2, -0.15) is 4.98 Å². The van der Waals surface area contributed by atoms with E-state index in [1.165, 1.54) is 5.69 Å². The molecule has 0 radical (unpaired) electrons. The second-order valence-corrected chi connectivity index (χ2v) is 9.93. The average molecular weight is 501 g/mol. The largest absolute Gasteiger partial charge is 0.387 e. The minimum atomic E-state index is -0.559. The molecule has 4 heterocycles. The van der Waals surface area contributed by atoms with E-state index in [9.17, 15) is 9.90 Å². The second-order valence-electron chi connectivity index (χ2n) is 9.93. The van der Waals surface area contributed by atoms with Crippen LogP contribution in [0, 0.1) is 0 Å². The van der Waals surface area contributed by atoms with Gasteiger partial charge in [-0.15, -0.1) is 6.58 Å². The number of nitrogens with zero attached hydrogens (tertiary/aromatic N) is 7. The minimum Gasteiger partial charge on any atom is -0.387 e. The Morgan fingerprint density at radius 1 is 1.19 bits per heavy atom. The maximum atomic E-state index is 13.2. The quantitative estimate of drug-likeness (QED) is 0.502. The number of fused-ring (bicyclic) bond motifs is 2. The van der Waals surface area contributed by atoms with Crippen molar-refractivity contribution in [3.05, 3.63) is 65.1 Å². The van der Waals surface area contributed by atoms with Crippen molar-refractivity contribution in [2.45, 2.75) is 38.1 Å². The van der Waals surface area contributed by atoms with Crippen LogP contribution in [-0.2, 0) is 6.54 Å². The number of allylic oxidation sites excluding steroid dienone is 1. The lowest BCUT2D eigenvalue weighted by Gasteiger charge is -2.34. The first kappa shape index (κ1) is 23.6. The fourth-order valence-electron chi connectivity index (χ4n) is 5.42. The van der Waals surface area contributed by atoms with Gasteiger partial charge in [-0.3, -0.25) is 9.79 Å². The summed E-state index contributed by atoms with van der Waals surface area (Å²) < 4.78 is 3.43. The Morgan fingerprint density at radius 2 is 1.97 bits per heavy atom. The number of benzene rings is 1. The molecule has 6 rings (SSSR count). The molecule has 0 amide bonds. The van der Waals surface area contributed by atoms with Crippen LogP contribution in [-0.4, -0.2) is 74.4 Å². The smallest absolute Gasteiger partial charge is 0.278 e. The SMILES string of the molecule is C=CCn1c(=O)c2cnc(Nc3ccc(N4CCN(C)CC4)cc3)nc2n1C1CC=C2CCC(O)C2=N1. The number of aliphatic hydroxyl groups is 1. The van der Waals surface area contributed by atoms with E-state index in [0.717, 1.165) is 49.6 Å². The third-order valence-electron chi connectivity index (χ3n) is 7.48. The van der Waals surface area contributed by atoms with Gasteiger partial charge < -0.3 is 20.2 Å². The zero-order chi connectivity index (χ0) is 25.5. The molecule has 2 aromatic heterocycles. The number of rotatable bonds is 6. The number of aromatic nitrogens is 4. The minimum absolute atomic E-state index is 0.181. The Morgan fingerprint density at radius 3 is 2.73 bits per heavy atom. The van der Waals surface area contributed by atoms with E-state index in [0.29, 0.717) is 36.4 Å². The zero-order valence-corrected chi connectivity index (χ0v) is 21.0. The molecule has 192 valence electrons. The Kier molecular flexibility index (Phi) is 6.13. The lowest BCUT2D eigenvalue weighted by Crippen LogP contribution is -2.44. The van der Waals surface area contributed by atoms with Gasteiger partial charge in [0.25, 0.3) is 5.56 Å². The van der Waals surface area contributed by atoms with Gasteiger partial charge in [0.1, 0.15) is 11.6 Å². The molecule has 3 aromatic rings. The number of piperazine rings is 1. The van der Waals surface area contributed by atoms with E-state index in [-0.39, 0.29) is 11.7 Å². The van der Waals surface area contributed by atoms with E-state index >= 15 is 0 Å². The van der Waals surface area contributed by atoms with Gasteiger partial charge in [0.05, 0.1) is 18.4 Å². The Bertz CT molecular complexity index is 1440. The first-order chi connectivity index (χ1) is 18.0. The van der Waals surface area contributed by atoms with Crippen LogP contribution in [0.5, 0.6) is 0 Å². The van der Waals surface area contributed by atoms with Crippen LogP contribution < -0.4 is 15.8 Å². The molecule has 0 spiro atoms. The summed E-state index contributed by atoms with van der Waals surface area (Å²) >= 11 is 0. The Hall–Kier alpha value is -3.76. The van der Waals surface area contributed by atoms with Crippen LogP contribution >= 0.6 is 0 Å². The molecule has 10 nitrogen and oxygen atoms in total. The number of anilines is 3. The fourth-order valence-corrected chi connectivity index (χ4v) is 5.42. The van der Waals surface area contributed by atoms with Crippen molar-refractivity contribution in [2.75, 3.05) is 43.4 Å². The lowest BCUT2D eigenvalue weighted by atomic mass is 10.1. The van der Waals surface area contributed by atoms with Crippen molar-refractivity contribution < 1.29 is 5.11 Å². The summed E-state index contributed by atoms with van der Waals surface area (Å²) in [5, 5.41) is 14.1. The summed E-state index contributed by atoms with van der Waals surface area (Å²) in [6, 6.07) is 8.27. The van der Waals surface area contributed by atoms with Crippen molar-refractivity contribution in [2.24, 2.45) is 4.99 Å². The van der Waals surface area contributed by atoms with Crippen LogP contribution in [0.25, 0.3) is 11.0 Å². The first-order valence-electron chi connectivity index (χ1n) is 12.9. The number of nitrogens with one attached hydrogen (secondary N) is 1. The molecule has 2 atom stereocenters. The van der Waals surface area contributed by atoms with Crippen LogP contribution in [0.15, 0.2) is 64.6 Å². The number of likely N-dealkylation sites (N-methyl/N-ethyl adjacent to an activating group) is 1. The molecule has 1 saturated heterocycles. The third kappa shape index (κ3) is 4.36. The summed E-state index contributed by atoms with van der Waals surface area (Å²) in [5.74, 6) is 0.407. The van der Waals surface area contributed by atoms with Crippen molar-refractivity contribution in [3.63, 3.8) is 0 Å². The molecular formula is C27H32N8O2. The Labute approximate surface area is 215 Å². The number of aliphatic hydroxyl groups excluding tert-OH is 1. The van der Waals surface area contributed by atoms with Gasteiger partial charge in [0, 0.05) is 50.2 Å². The highest BCUT2D eigenvalue weighted by atomic mass is 16.3. The highest BCUT2D eigenvalue weighted by Gasteiger charge is 2.31. The maximum absolute atomic E-state index is 13.2. The van der Waals surface area contributed by atoms with Gasteiger partial charge >= 0.3 is 0 Å². The van der Waals surface area contributed by atoms with E-state index in [1.54, 1.807) is 17.0 Å². The molecule has 2 N–H and O–H groups in total. The monoisotopic (exact) mass is 500 g/mol. The van der Waals surface area contributed by atoms with Gasteiger partial charge in [0.15, 0.2) is 5.65 Å². The number of dihydropyridines is 1. The van der Waals surface area contributed by atoms with Crippen molar-refractivity contribution >= 4 is 34.1 Å². The van der Waals surface area contributed by atoms with Crippen LogP contribution in [0.3, 0.4) is 0 Å².